The normalized spacial score (nSPS) is 12.6. The van der Waals surface area contributed by atoms with Gasteiger partial charge in [0.2, 0.25) is 11.8 Å². The number of amides is 2. The number of hydrogen-bond acceptors (Lipinski definition) is 4. The fraction of sp³-hybridized carbons (Fsp3) is 0.308. The van der Waals surface area contributed by atoms with Crippen LogP contribution in [0.25, 0.3) is 0 Å². The minimum atomic E-state index is -0.568. The summed E-state index contributed by atoms with van der Waals surface area (Å²) < 4.78 is 4.40. The highest BCUT2D eigenvalue weighted by atomic mass is 16.5. The highest BCUT2D eigenvalue weighted by molar-refractivity contribution is 5.99. The van der Waals surface area contributed by atoms with Gasteiger partial charge in [-0.25, -0.2) is 0 Å². The van der Waals surface area contributed by atoms with Gasteiger partial charge < -0.3 is 15.4 Å². The average Bonchev–Trinajstić information content (AvgIpc) is 2.75. The van der Waals surface area contributed by atoms with Crippen molar-refractivity contribution in [2.75, 3.05) is 12.4 Å². The molecule has 2 amide bonds. The van der Waals surface area contributed by atoms with Crippen molar-refractivity contribution in [2.24, 2.45) is 0 Å². The first-order chi connectivity index (χ1) is 9.08. The molecule has 0 fully saturated rings. The monoisotopic (exact) mass is 262 g/mol. The molecule has 100 valence electrons. The molecule has 0 saturated carbocycles. The number of benzene rings is 1. The second-order valence-corrected chi connectivity index (χ2v) is 4.25. The highest BCUT2D eigenvalue weighted by Gasteiger charge is 2.17. The lowest BCUT2D eigenvalue weighted by molar-refractivity contribution is -0.143. The molecule has 1 heterocycles. The molecule has 0 bridgehead atoms. The van der Waals surface area contributed by atoms with Gasteiger partial charge in [0.15, 0.2) is 0 Å². The topological polar surface area (TPSA) is 84.5 Å². The number of carbonyl (C=O) groups excluding carboxylic acids is 3. The molecule has 0 saturated heterocycles. The van der Waals surface area contributed by atoms with Crippen LogP contribution in [0.3, 0.4) is 0 Å². The van der Waals surface area contributed by atoms with Crippen LogP contribution in [-0.4, -0.2) is 24.9 Å². The molecule has 1 aliphatic heterocycles. The Balaban J connectivity index is 1.91. The van der Waals surface area contributed by atoms with E-state index >= 15 is 0 Å². The second kappa shape index (κ2) is 5.51. The molecule has 6 heteroatoms. The van der Waals surface area contributed by atoms with Gasteiger partial charge in [-0.1, -0.05) is 12.1 Å². The quantitative estimate of drug-likeness (QED) is 0.606. The number of fused-ring (bicyclic) bond motifs is 1. The summed E-state index contributed by atoms with van der Waals surface area (Å²) in [5, 5.41) is 5.36. The fourth-order valence-corrected chi connectivity index (χ4v) is 1.86. The molecule has 2 N–H and O–H groups in total. The summed E-state index contributed by atoms with van der Waals surface area (Å²) >= 11 is 0. The van der Waals surface area contributed by atoms with Gasteiger partial charge in [0.05, 0.1) is 13.5 Å². The van der Waals surface area contributed by atoms with Crippen molar-refractivity contribution >= 4 is 23.5 Å². The largest absolute Gasteiger partial charge is 0.469 e. The summed E-state index contributed by atoms with van der Waals surface area (Å²) in [5.74, 6) is -0.982. The number of methoxy groups -OCH3 is 1. The number of ether oxygens (including phenoxy) is 1. The van der Waals surface area contributed by atoms with Crippen LogP contribution >= 0.6 is 0 Å². The Hall–Kier alpha value is -2.37. The zero-order chi connectivity index (χ0) is 13.8. The van der Waals surface area contributed by atoms with Crippen molar-refractivity contribution in [3.63, 3.8) is 0 Å². The predicted octanol–water partition coefficient (Wildman–Crippen LogP) is 0.360. The molecule has 0 atom stereocenters. The Morgan fingerprint density at radius 2 is 2.21 bits per heavy atom. The minimum absolute atomic E-state index is 0.0260. The lowest BCUT2D eigenvalue weighted by Crippen LogP contribution is -2.25. The van der Waals surface area contributed by atoms with E-state index in [1.54, 1.807) is 0 Å². The van der Waals surface area contributed by atoms with Crippen molar-refractivity contribution in [1.82, 2.24) is 5.32 Å². The number of carbonyl (C=O) groups is 3. The van der Waals surface area contributed by atoms with Gasteiger partial charge in [0, 0.05) is 12.2 Å². The van der Waals surface area contributed by atoms with E-state index in [2.05, 4.69) is 15.4 Å². The van der Waals surface area contributed by atoms with E-state index in [4.69, 9.17) is 0 Å². The summed E-state index contributed by atoms with van der Waals surface area (Å²) in [7, 11) is 1.24. The molecule has 0 radical (unpaired) electrons. The number of hydrogen-bond donors (Lipinski definition) is 2. The zero-order valence-corrected chi connectivity index (χ0v) is 10.5. The zero-order valence-electron chi connectivity index (χ0n) is 10.5. The molecule has 1 aromatic rings. The van der Waals surface area contributed by atoms with E-state index in [1.165, 1.54) is 7.11 Å². The number of esters is 1. The van der Waals surface area contributed by atoms with Crippen molar-refractivity contribution in [3.8, 4) is 0 Å². The van der Waals surface area contributed by atoms with Crippen molar-refractivity contribution in [2.45, 2.75) is 19.4 Å². The van der Waals surface area contributed by atoms with Crippen LogP contribution in [0.2, 0.25) is 0 Å². The van der Waals surface area contributed by atoms with Gasteiger partial charge in [-0.15, -0.1) is 0 Å². The van der Waals surface area contributed by atoms with E-state index in [1.807, 2.05) is 18.2 Å². The minimum Gasteiger partial charge on any atom is -0.469 e. The molecule has 1 aromatic carbocycles. The molecule has 19 heavy (non-hydrogen) atoms. The maximum Gasteiger partial charge on any atom is 0.315 e. The van der Waals surface area contributed by atoms with E-state index in [9.17, 15) is 14.4 Å². The van der Waals surface area contributed by atoms with E-state index < -0.39 is 5.97 Å². The third-order valence-electron chi connectivity index (χ3n) is 2.82. The second-order valence-electron chi connectivity index (χ2n) is 4.25. The molecule has 1 aliphatic rings. The Kier molecular flexibility index (Phi) is 3.79. The SMILES string of the molecule is COC(=O)CC(=O)NCc1ccc2c(c1)CC(=O)N2. The third-order valence-corrected chi connectivity index (χ3v) is 2.82. The molecule has 0 spiro atoms. The lowest BCUT2D eigenvalue weighted by Gasteiger charge is -2.06. The Labute approximate surface area is 110 Å². The molecule has 0 unspecified atom stereocenters. The Bertz CT molecular complexity index is 539. The highest BCUT2D eigenvalue weighted by Crippen LogP contribution is 2.23. The maximum atomic E-state index is 11.4. The molecule has 0 aliphatic carbocycles. The third kappa shape index (κ3) is 3.31. The van der Waals surface area contributed by atoms with E-state index in [0.29, 0.717) is 13.0 Å². The Morgan fingerprint density at radius 3 is 2.95 bits per heavy atom. The van der Waals surface area contributed by atoms with Crippen molar-refractivity contribution in [1.29, 1.82) is 0 Å². The molecule has 2 rings (SSSR count). The smallest absolute Gasteiger partial charge is 0.315 e. The van der Waals surface area contributed by atoms with E-state index in [-0.39, 0.29) is 18.2 Å². The van der Waals surface area contributed by atoms with Crippen LogP contribution in [0, 0.1) is 0 Å². The first kappa shape index (κ1) is 13.1. The first-order valence-corrected chi connectivity index (χ1v) is 5.83. The molecular weight excluding hydrogens is 248 g/mol. The number of rotatable bonds is 4. The van der Waals surface area contributed by atoms with Gasteiger partial charge in [-0.2, -0.15) is 0 Å². The lowest BCUT2D eigenvalue weighted by atomic mass is 10.1. The van der Waals surface area contributed by atoms with Crippen LogP contribution in [0.15, 0.2) is 18.2 Å². The summed E-state index contributed by atoms with van der Waals surface area (Å²) in [6.07, 6.45) is 0.0702. The van der Waals surface area contributed by atoms with Gasteiger partial charge in [0.1, 0.15) is 6.42 Å². The summed E-state index contributed by atoms with van der Waals surface area (Å²) in [5.41, 5.74) is 2.62. The van der Waals surface area contributed by atoms with Gasteiger partial charge in [0.25, 0.3) is 0 Å². The fourth-order valence-electron chi connectivity index (χ4n) is 1.86. The van der Waals surface area contributed by atoms with Crippen molar-refractivity contribution in [3.05, 3.63) is 29.3 Å². The van der Waals surface area contributed by atoms with Gasteiger partial charge >= 0.3 is 5.97 Å². The predicted molar refractivity (Wildman–Crippen MR) is 67.3 cm³/mol. The van der Waals surface area contributed by atoms with E-state index in [0.717, 1.165) is 16.8 Å². The van der Waals surface area contributed by atoms with Gasteiger partial charge in [-0.3, -0.25) is 14.4 Å². The standard InChI is InChI=1S/C13H14N2O4/c1-19-13(18)6-11(16)14-7-8-2-3-10-9(4-8)5-12(17)15-10/h2-4H,5-7H2,1H3,(H,14,16)(H,15,17). The molecular formula is C13H14N2O4. The Morgan fingerprint density at radius 1 is 1.42 bits per heavy atom. The average molecular weight is 262 g/mol. The maximum absolute atomic E-state index is 11.4. The van der Waals surface area contributed by atoms with Crippen LogP contribution in [0.4, 0.5) is 5.69 Å². The van der Waals surface area contributed by atoms with Crippen LogP contribution in [0.5, 0.6) is 0 Å². The number of nitrogens with one attached hydrogen (secondary N) is 2. The molecule has 0 aromatic heterocycles. The van der Waals surface area contributed by atoms with Gasteiger partial charge in [-0.05, 0) is 17.2 Å². The van der Waals surface area contributed by atoms with Crippen molar-refractivity contribution < 1.29 is 19.1 Å². The summed E-state index contributed by atoms with van der Waals surface area (Å²) in [6.45, 7) is 0.317. The summed E-state index contributed by atoms with van der Waals surface area (Å²) in [6, 6.07) is 5.50. The number of anilines is 1. The van der Waals surface area contributed by atoms with Crippen LogP contribution < -0.4 is 10.6 Å². The molecule has 6 nitrogen and oxygen atoms in total. The van der Waals surface area contributed by atoms with Crippen LogP contribution in [0.1, 0.15) is 17.5 Å². The van der Waals surface area contributed by atoms with Crippen LogP contribution in [-0.2, 0) is 32.1 Å². The summed E-state index contributed by atoms with van der Waals surface area (Å²) in [4.78, 5) is 33.5. The first-order valence-electron chi connectivity index (χ1n) is 5.83.